The number of aliphatic hydroxyl groups is 4. The smallest absolute Gasteiger partial charge is 0.182 e. The predicted octanol–water partition coefficient (Wildman–Crippen LogP) is -2.08. The fourth-order valence-corrected chi connectivity index (χ4v) is 2.60. The highest BCUT2D eigenvalue weighted by atomic mass is 16.6. The zero-order valence-electron chi connectivity index (χ0n) is 20.9. The second-order valence-electron chi connectivity index (χ2n) is 7.76. The van der Waals surface area contributed by atoms with Crippen molar-refractivity contribution in [2.45, 2.75) is 38.1 Å². The molecule has 2 radical (unpaired) electrons. The Balaban J connectivity index is 3.31. The van der Waals surface area contributed by atoms with Crippen LogP contribution >= 0.6 is 0 Å². The van der Waals surface area contributed by atoms with Crippen LogP contribution in [0.2, 0.25) is 0 Å². The number of hydrogen-bond donors (Lipinski definition) is 4. The number of hydrogen-bond acceptors (Lipinski definition) is 12. The molecule has 4 N–H and O–H groups in total. The van der Waals surface area contributed by atoms with E-state index >= 15 is 0 Å². The van der Waals surface area contributed by atoms with Gasteiger partial charge < -0.3 is 53.7 Å². The molecule has 3 atom stereocenters. The summed E-state index contributed by atoms with van der Waals surface area (Å²) in [7, 11) is 5.74. The first kappa shape index (κ1) is 34.3. The number of Topliss-reactive ketones (excluding diaryl/α,β-unsaturated/α-hetero) is 1. The first-order valence-corrected chi connectivity index (χ1v) is 12.0. The van der Waals surface area contributed by atoms with E-state index in [1.54, 1.807) is 0 Å². The van der Waals surface area contributed by atoms with E-state index < -0.39 is 18.3 Å². The van der Waals surface area contributed by atoms with Crippen molar-refractivity contribution in [3.63, 3.8) is 0 Å². The van der Waals surface area contributed by atoms with E-state index in [1.807, 2.05) is 0 Å². The lowest BCUT2D eigenvalue weighted by Crippen LogP contribution is -2.45. The lowest BCUT2D eigenvalue weighted by molar-refractivity contribution is -0.118. The van der Waals surface area contributed by atoms with Gasteiger partial charge in [-0.15, -0.1) is 0 Å². The largest absolute Gasteiger partial charge is 0.396 e. The van der Waals surface area contributed by atoms with Crippen molar-refractivity contribution in [2.75, 3.05) is 99.0 Å². The highest BCUT2D eigenvalue weighted by Gasteiger charge is 2.24. The minimum absolute atomic E-state index is 0.0251. The Kier molecular flexibility index (Phi) is 24.5. The summed E-state index contributed by atoms with van der Waals surface area (Å²) in [5.41, 5.74) is 0. The molecule has 12 nitrogen and oxygen atoms in total. The van der Waals surface area contributed by atoms with Crippen LogP contribution in [0.3, 0.4) is 0 Å². The monoisotopic (exact) mass is 509 g/mol. The normalized spacial score (nSPS) is 14.3. The number of carbonyl (C=O) groups is 1. The third-order valence-corrected chi connectivity index (χ3v) is 4.62. The molecule has 0 aliphatic heterocycles. The average Bonchev–Trinajstić information content (AvgIpc) is 2.82. The Morgan fingerprint density at radius 3 is 1.51 bits per heavy atom. The van der Waals surface area contributed by atoms with Crippen LogP contribution in [-0.2, 0) is 33.2 Å². The van der Waals surface area contributed by atoms with Crippen LogP contribution in [-0.4, -0.2) is 156 Å². The van der Waals surface area contributed by atoms with Crippen molar-refractivity contribution < 1.29 is 53.6 Å². The van der Waals surface area contributed by atoms with Crippen molar-refractivity contribution in [1.29, 1.82) is 0 Å². The Bertz CT molecular complexity index is 479. The van der Waals surface area contributed by atoms with Crippen molar-refractivity contribution in [2.24, 2.45) is 0 Å². The zero-order valence-corrected chi connectivity index (χ0v) is 20.9. The average molecular weight is 509 g/mol. The topological polar surface area (TPSA) is 157 Å². The number of carbonyl (C=O) groups excluding carboxylic acids is 1. The maximum Gasteiger partial charge on any atom is 0.182 e. The molecule has 3 unspecified atom stereocenters. The number of nitrogens with zero attached hydrogens (tertiary/aromatic N) is 1. The van der Waals surface area contributed by atoms with Gasteiger partial charge in [0.15, 0.2) is 7.98 Å². The molecule has 0 aromatic carbocycles. The zero-order chi connectivity index (χ0) is 26.2. The van der Waals surface area contributed by atoms with Crippen LogP contribution in [0.5, 0.6) is 0 Å². The van der Waals surface area contributed by atoms with E-state index in [2.05, 4.69) is 0 Å². The van der Waals surface area contributed by atoms with Crippen LogP contribution in [0.15, 0.2) is 0 Å². The van der Waals surface area contributed by atoms with Crippen LogP contribution in [0.25, 0.3) is 0 Å². The molecule has 0 spiro atoms. The molecule has 0 heterocycles. The maximum atomic E-state index is 10.7. The first-order valence-electron chi connectivity index (χ1n) is 12.0. The summed E-state index contributed by atoms with van der Waals surface area (Å²) in [6, 6.07) is 0. The number of ketones is 1. The van der Waals surface area contributed by atoms with E-state index in [9.17, 15) is 20.1 Å². The summed E-state index contributed by atoms with van der Waals surface area (Å²) >= 11 is 0. The highest BCUT2D eigenvalue weighted by molar-refractivity contribution is 6.04. The molecule has 0 aliphatic carbocycles. The van der Waals surface area contributed by atoms with Gasteiger partial charge in [0.1, 0.15) is 11.9 Å². The van der Waals surface area contributed by atoms with Crippen LogP contribution in [0.4, 0.5) is 0 Å². The Morgan fingerprint density at radius 1 is 0.714 bits per heavy atom. The molecule has 0 fully saturated rings. The maximum absolute atomic E-state index is 10.7. The number of aliphatic hydroxyl groups excluding tert-OH is 4. The molecule has 0 aromatic rings. The fourth-order valence-electron chi connectivity index (χ4n) is 2.60. The lowest BCUT2D eigenvalue weighted by atomic mass is 10.0. The van der Waals surface area contributed by atoms with Gasteiger partial charge in [0.25, 0.3) is 0 Å². The molecule has 0 saturated carbocycles. The molecule has 0 aromatic heterocycles. The summed E-state index contributed by atoms with van der Waals surface area (Å²) in [5.74, 6) is 0.112. The lowest BCUT2D eigenvalue weighted by Gasteiger charge is -2.27. The van der Waals surface area contributed by atoms with Crippen LogP contribution < -0.4 is 0 Å². The quantitative estimate of drug-likeness (QED) is 0.0709. The Hall–Kier alpha value is -0.705. The minimum atomic E-state index is -1.38. The van der Waals surface area contributed by atoms with Crippen molar-refractivity contribution in [1.82, 2.24) is 4.81 Å². The van der Waals surface area contributed by atoms with Gasteiger partial charge >= 0.3 is 0 Å². The van der Waals surface area contributed by atoms with Crippen molar-refractivity contribution in [3.8, 4) is 0 Å². The Labute approximate surface area is 209 Å². The van der Waals surface area contributed by atoms with Gasteiger partial charge in [0.05, 0.1) is 91.5 Å². The van der Waals surface area contributed by atoms with E-state index in [-0.39, 0.29) is 25.4 Å². The van der Waals surface area contributed by atoms with E-state index in [4.69, 9.17) is 41.5 Å². The number of ether oxygens (including phenoxy) is 6. The fraction of sp³-hybridized carbons (Fsp3) is 0.955. The third kappa shape index (κ3) is 23.4. The molecular weight excluding hydrogens is 465 g/mol. The van der Waals surface area contributed by atoms with Gasteiger partial charge in [-0.2, -0.15) is 0 Å². The Morgan fingerprint density at radius 2 is 1.11 bits per heavy atom. The van der Waals surface area contributed by atoms with Gasteiger partial charge in [0.2, 0.25) is 0 Å². The summed E-state index contributed by atoms with van der Waals surface area (Å²) in [6.45, 7) is 6.69. The molecule has 35 heavy (non-hydrogen) atoms. The van der Waals surface area contributed by atoms with Crippen molar-refractivity contribution in [3.05, 3.63) is 0 Å². The first-order chi connectivity index (χ1) is 16.9. The molecule has 0 saturated heterocycles. The van der Waals surface area contributed by atoms with E-state index in [0.29, 0.717) is 92.2 Å². The van der Waals surface area contributed by atoms with Gasteiger partial charge in [-0.3, -0.25) is 4.79 Å². The van der Waals surface area contributed by atoms with E-state index in [0.717, 1.165) is 0 Å². The summed E-state index contributed by atoms with van der Waals surface area (Å²) in [4.78, 5) is 12.0. The number of rotatable bonds is 27. The molecular formula is C22H44BNO11. The molecule has 0 rings (SSSR count). The van der Waals surface area contributed by atoms with Gasteiger partial charge in [-0.1, -0.05) is 0 Å². The molecule has 0 aliphatic rings. The molecule has 0 amide bonds. The minimum Gasteiger partial charge on any atom is -0.396 e. The van der Waals surface area contributed by atoms with Crippen LogP contribution in [0.1, 0.15) is 19.8 Å². The van der Waals surface area contributed by atoms with Crippen LogP contribution in [0, 0.1) is 0 Å². The second-order valence-corrected chi connectivity index (χ2v) is 7.76. The van der Waals surface area contributed by atoms with Gasteiger partial charge in [0, 0.05) is 26.1 Å². The molecule has 13 heteroatoms. The van der Waals surface area contributed by atoms with Gasteiger partial charge in [-0.05, 0) is 13.3 Å². The van der Waals surface area contributed by atoms with Gasteiger partial charge in [-0.25, -0.2) is 0 Å². The molecule has 206 valence electrons. The van der Waals surface area contributed by atoms with E-state index in [1.165, 1.54) is 11.7 Å². The summed E-state index contributed by atoms with van der Waals surface area (Å²) in [6.07, 6.45) is -3.43. The standard InChI is InChI=1S/C22H44BNO11/c1-19(26)3-6-30-8-10-32-12-14-34-16-17-35-15-13-33-11-9-31-7-4-24(23)18-21(28)22(29)20(27)2-5-25/h20-22,25,27-29H,2-18H2,1H3. The highest BCUT2D eigenvalue weighted by Crippen LogP contribution is 2.05. The second kappa shape index (κ2) is 25.0. The summed E-state index contributed by atoms with van der Waals surface area (Å²) in [5, 5.41) is 37.9. The predicted molar refractivity (Wildman–Crippen MR) is 127 cm³/mol. The molecule has 0 bridgehead atoms. The third-order valence-electron chi connectivity index (χ3n) is 4.62. The SMILES string of the molecule is [B]N(CCOCCOCCOCCOCCOCCOCCC(C)=O)CC(O)C(O)C(O)CCO. The van der Waals surface area contributed by atoms with Crippen molar-refractivity contribution >= 4 is 13.8 Å². The summed E-state index contributed by atoms with van der Waals surface area (Å²) < 4.78 is 32.1.